The van der Waals surface area contributed by atoms with E-state index in [4.69, 9.17) is 4.74 Å². The van der Waals surface area contributed by atoms with Crippen LogP contribution in [0.3, 0.4) is 0 Å². The third kappa shape index (κ3) is 3.50. The maximum atomic E-state index is 11.5. The van der Waals surface area contributed by atoms with Crippen LogP contribution in [0.25, 0.3) is 0 Å². The summed E-state index contributed by atoms with van der Waals surface area (Å²) in [6, 6.07) is 7.47. The molecule has 0 saturated carbocycles. The number of aryl methyl sites for hydroxylation is 1. The number of carbonyl (C=O) groups excluding carboxylic acids is 1. The van der Waals surface area contributed by atoms with Crippen molar-refractivity contribution in [3.05, 3.63) is 29.8 Å². The van der Waals surface area contributed by atoms with Gasteiger partial charge in [0.05, 0.1) is 7.11 Å². The van der Waals surface area contributed by atoms with Gasteiger partial charge >= 0.3 is 5.97 Å². The largest absolute Gasteiger partial charge is 0.497 e. The molecule has 0 heterocycles. The molecule has 5 nitrogen and oxygen atoms in total. The SMILES string of the molecule is COc1ccc(CCC(C)(C(=O)O)N(C)C(C)=O)cc1. The van der Waals surface area contributed by atoms with Gasteiger partial charge in [0.15, 0.2) is 0 Å². The van der Waals surface area contributed by atoms with Crippen molar-refractivity contribution >= 4 is 11.9 Å². The molecular weight excluding hydrogens is 258 g/mol. The second kappa shape index (κ2) is 6.41. The average Bonchev–Trinajstić information content (AvgIpc) is 2.44. The number of hydrogen-bond donors (Lipinski definition) is 1. The van der Waals surface area contributed by atoms with E-state index < -0.39 is 11.5 Å². The van der Waals surface area contributed by atoms with E-state index in [0.29, 0.717) is 12.8 Å². The van der Waals surface area contributed by atoms with Crippen molar-refractivity contribution in [2.45, 2.75) is 32.2 Å². The molecule has 1 atom stereocenters. The van der Waals surface area contributed by atoms with Crippen LogP contribution >= 0.6 is 0 Å². The van der Waals surface area contributed by atoms with Crippen molar-refractivity contribution in [2.75, 3.05) is 14.2 Å². The van der Waals surface area contributed by atoms with Crippen LogP contribution in [0.1, 0.15) is 25.8 Å². The molecule has 1 aromatic carbocycles. The lowest BCUT2D eigenvalue weighted by Gasteiger charge is -2.34. The van der Waals surface area contributed by atoms with Crippen LogP contribution in [-0.2, 0) is 16.0 Å². The Bertz CT molecular complexity index is 483. The fourth-order valence-corrected chi connectivity index (χ4v) is 1.95. The van der Waals surface area contributed by atoms with E-state index in [9.17, 15) is 14.7 Å². The quantitative estimate of drug-likeness (QED) is 0.864. The number of aliphatic carboxylic acids is 1. The number of likely N-dealkylation sites (N-methyl/N-ethyl adjacent to an activating group) is 1. The molecule has 0 fully saturated rings. The van der Waals surface area contributed by atoms with Crippen LogP contribution in [0.4, 0.5) is 0 Å². The number of ether oxygens (including phenoxy) is 1. The zero-order chi connectivity index (χ0) is 15.3. The van der Waals surface area contributed by atoms with Gasteiger partial charge in [-0.05, 0) is 37.5 Å². The van der Waals surface area contributed by atoms with Gasteiger partial charge in [0.2, 0.25) is 5.91 Å². The van der Waals surface area contributed by atoms with Crippen LogP contribution in [-0.4, -0.2) is 41.6 Å². The molecule has 1 rings (SSSR count). The Morgan fingerprint density at radius 1 is 1.30 bits per heavy atom. The van der Waals surface area contributed by atoms with E-state index >= 15 is 0 Å². The lowest BCUT2D eigenvalue weighted by Crippen LogP contribution is -2.52. The standard InChI is InChI=1S/C15H21NO4/c1-11(17)16(3)15(2,14(18)19)10-9-12-5-7-13(20-4)8-6-12/h5-8H,9-10H2,1-4H3,(H,18,19). The normalized spacial score (nSPS) is 13.4. The first-order valence-corrected chi connectivity index (χ1v) is 6.42. The maximum absolute atomic E-state index is 11.5. The Balaban J connectivity index is 2.81. The van der Waals surface area contributed by atoms with Crippen molar-refractivity contribution < 1.29 is 19.4 Å². The molecule has 1 N–H and O–H groups in total. The Morgan fingerprint density at radius 2 is 1.85 bits per heavy atom. The molecule has 0 saturated heterocycles. The fraction of sp³-hybridized carbons (Fsp3) is 0.467. The predicted octanol–water partition coefficient (Wildman–Crippen LogP) is 1.95. The summed E-state index contributed by atoms with van der Waals surface area (Å²) in [5, 5.41) is 9.40. The Labute approximate surface area is 119 Å². The van der Waals surface area contributed by atoms with Crippen LogP contribution in [0.5, 0.6) is 5.75 Å². The molecule has 0 spiro atoms. The summed E-state index contributed by atoms with van der Waals surface area (Å²) in [7, 11) is 3.11. The van der Waals surface area contributed by atoms with Crippen molar-refractivity contribution in [2.24, 2.45) is 0 Å². The van der Waals surface area contributed by atoms with Crippen molar-refractivity contribution in [3.8, 4) is 5.75 Å². The maximum Gasteiger partial charge on any atom is 0.329 e. The second-order valence-electron chi connectivity index (χ2n) is 5.01. The van der Waals surface area contributed by atoms with Gasteiger partial charge in [-0.2, -0.15) is 0 Å². The molecule has 110 valence electrons. The molecule has 0 bridgehead atoms. The number of benzene rings is 1. The first-order chi connectivity index (χ1) is 9.31. The van der Waals surface area contributed by atoms with Crippen molar-refractivity contribution in [1.29, 1.82) is 0 Å². The summed E-state index contributed by atoms with van der Waals surface area (Å²) in [6.45, 7) is 2.94. The highest BCUT2D eigenvalue weighted by Gasteiger charge is 2.38. The molecule has 0 aromatic heterocycles. The van der Waals surface area contributed by atoms with E-state index in [1.807, 2.05) is 24.3 Å². The summed E-state index contributed by atoms with van der Waals surface area (Å²) in [5.41, 5.74) is -0.193. The zero-order valence-electron chi connectivity index (χ0n) is 12.3. The first kappa shape index (κ1) is 16.0. The molecule has 1 aromatic rings. The van der Waals surface area contributed by atoms with Gasteiger partial charge in [-0.25, -0.2) is 4.79 Å². The Kier molecular flexibility index (Phi) is 5.13. The summed E-state index contributed by atoms with van der Waals surface area (Å²) in [5.74, 6) is -0.496. The Hall–Kier alpha value is -2.04. The van der Waals surface area contributed by atoms with Crippen LogP contribution in [0.2, 0.25) is 0 Å². The molecule has 0 aliphatic heterocycles. The number of rotatable bonds is 6. The minimum atomic E-state index is -1.20. The van der Waals surface area contributed by atoms with Crippen LogP contribution < -0.4 is 4.74 Å². The smallest absolute Gasteiger partial charge is 0.329 e. The number of carboxylic acids is 1. The van der Waals surface area contributed by atoms with E-state index in [1.165, 1.54) is 18.9 Å². The van der Waals surface area contributed by atoms with E-state index in [0.717, 1.165) is 11.3 Å². The van der Waals surface area contributed by atoms with E-state index in [2.05, 4.69) is 0 Å². The number of methoxy groups -OCH3 is 1. The van der Waals surface area contributed by atoms with Crippen molar-refractivity contribution in [1.82, 2.24) is 4.90 Å². The van der Waals surface area contributed by atoms with Gasteiger partial charge in [0.1, 0.15) is 11.3 Å². The molecular formula is C15H21NO4. The summed E-state index contributed by atoms with van der Waals surface area (Å²) in [6.07, 6.45) is 0.926. The van der Waals surface area contributed by atoms with E-state index in [1.54, 1.807) is 14.0 Å². The van der Waals surface area contributed by atoms with Crippen molar-refractivity contribution in [3.63, 3.8) is 0 Å². The molecule has 20 heavy (non-hydrogen) atoms. The number of amides is 1. The zero-order valence-corrected chi connectivity index (χ0v) is 12.3. The highest BCUT2D eigenvalue weighted by molar-refractivity contribution is 5.85. The minimum Gasteiger partial charge on any atom is -0.497 e. The summed E-state index contributed by atoms with van der Waals surface area (Å²) >= 11 is 0. The molecule has 0 radical (unpaired) electrons. The lowest BCUT2D eigenvalue weighted by molar-refractivity contribution is -0.156. The number of carbonyl (C=O) groups is 2. The minimum absolute atomic E-state index is 0.260. The second-order valence-corrected chi connectivity index (χ2v) is 5.01. The molecule has 1 unspecified atom stereocenters. The first-order valence-electron chi connectivity index (χ1n) is 6.42. The van der Waals surface area contributed by atoms with Crippen LogP contribution in [0, 0.1) is 0 Å². The highest BCUT2D eigenvalue weighted by atomic mass is 16.5. The number of carboxylic acid groups (broad SMARTS) is 1. The van der Waals surface area contributed by atoms with Crippen LogP contribution in [0.15, 0.2) is 24.3 Å². The van der Waals surface area contributed by atoms with Gasteiger partial charge in [0, 0.05) is 14.0 Å². The fourth-order valence-electron chi connectivity index (χ4n) is 1.95. The monoisotopic (exact) mass is 279 g/mol. The van der Waals surface area contributed by atoms with E-state index in [-0.39, 0.29) is 5.91 Å². The van der Waals surface area contributed by atoms with Gasteiger partial charge in [-0.15, -0.1) is 0 Å². The third-order valence-electron chi connectivity index (χ3n) is 3.73. The highest BCUT2D eigenvalue weighted by Crippen LogP contribution is 2.22. The predicted molar refractivity (Wildman–Crippen MR) is 75.8 cm³/mol. The topological polar surface area (TPSA) is 66.8 Å². The van der Waals surface area contributed by atoms with Gasteiger partial charge in [0.25, 0.3) is 0 Å². The molecule has 0 aliphatic carbocycles. The third-order valence-corrected chi connectivity index (χ3v) is 3.73. The Morgan fingerprint density at radius 3 is 2.25 bits per heavy atom. The average molecular weight is 279 g/mol. The summed E-state index contributed by atoms with van der Waals surface area (Å²) in [4.78, 5) is 24.2. The molecule has 5 heteroatoms. The van der Waals surface area contributed by atoms with Gasteiger partial charge in [-0.3, -0.25) is 4.79 Å². The van der Waals surface area contributed by atoms with Gasteiger partial charge < -0.3 is 14.7 Å². The lowest BCUT2D eigenvalue weighted by atomic mass is 9.91. The summed E-state index contributed by atoms with van der Waals surface area (Å²) < 4.78 is 5.08. The number of hydrogen-bond acceptors (Lipinski definition) is 3. The molecule has 1 amide bonds. The molecule has 0 aliphatic rings. The number of nitrogens with zero attached hydrogens (tertiary/aromatic N) is 1. The van der Waals surface area contributed by atoms with Gasteiger partial charge in [-0.1, -0.05) is 12.1 Å².